The van der Waals surface area contributed by atoms with Crippen LogP contribution in [0.1, 0.15) is 48.7 Å². The Morgan fingerprint density at radius 1 is 1.30 bits per heavy atom. The van der Waals surface area contributed by atoms with Crippen molar-refractivity contribution >= 4 is 39.2 Å². The van der Waals surface area contributed by atoms with Crippen LogP contribution < -0.4 is 10.6 Å². The summed E-state index contributed by atoms with van der Waals surface area (Å²) in [5.41, 5.74) is 2.44. The van der Waals surface area contributed by atoms with Crippen molar-refractivity contribution < 1.29 is 14.6 Å². The SMILES string of the molecule is COC(C)CN(CCCCc1ccc2c(n1)NCCC2)CCC(Nc1ncnc2sc(C)cc12)C(=O)O. The quantitative estimate of drug-likeness (QED) is 0.264. The molecule has 4 heterocycles. The van der Waals surface area contributed by atoms with E-state index in [0.29, 0.717) is 18.8 Å². The minimum atomic E-state index is -0.884. The number of carboxylic acid groups (broad SMARTS) is 1. The summed E-state index contributed by atoms with van der Waals surface area (Å²) >= 11 is 1.58. The highest BCUT2D eigenvalue weighted by Gasteiger charge is 2.21. The van der Waals surface area contributed by atoms with Crippen LogP contribution in [0.4, 0.5) is 11.6 Å². The summed E-state index contributed by atoms with van der Waals surface area (Å²) in [5, 5.41) is 17.4. The summed E-state index contributed by atoms with van der Waals surface area (Å²) in [7, 11) is 1.71. The largest absolute Gasteiger partial charge is 0.480 e. The van der Waals surface area contributed by atoms with Crippen LogP contribution in [-0.2, 0) is 22.4 Å². The summed E-state index contributed by atoms with van der Waals surface area (Å²) in [6, 6.07) is 5.61. The zero-order valence-corrected chi connectivity index (χ0v) is 22.8. The fourth-order valence-electron chi connectivity index (χ4n) is 4.71. The van der Waals surface area contributed by atoms with E-state index >= 15 is 0 Å². The van der Waals surface area contributed by atoms with Crippen molar-refractivity contribution in [3.05, 3.63) is 40.7 Å². The number of fused-ring (bicyclic) bond motifs is 2. The summed E-state index contributed by atoms with van der Waals surface area (Å²) in [6.45, 7) is 7.33. The van der Waals surface area contributed by atoms with E-state index in [1.807, 2.05) is 19.9 Å². The van der Waals surface area contributed by atoms with Crippen LogP contribution in [0.15, 0.2) is 24.5 Å². The first-order valence-corrected chi connectivity index (χ1v) is 13.9. The second kappa shape index (κ2) is 13.1. The Kier molecular flexibility index (Phi) is 9.65. The molecule has 3 aromatic heterocycles. The van der Waals surface area contributed by atoms with Gasteiger partial charge in [0.05, 0.1) is 11.5 Å². The van der Waals surface area contributed by atoms with E-state index in [1.165, 1.54) is 18.3 Å². The number of aliphatic carboxylic acids is 1. The normalized spacial score (nSPS) is 14.8. The number of rotatable bonds is 14. The molecule has 3 N–H and O–H groups in total. The number of aromatic nitrogens is 3. The van der Waals surface area contributed by atoms with Crippen LogP contribution in [0.25, 0.3) is 10.2 Å². The van der Waals surface area contributed by atoms with Gasteiger partial charge in [-0.25, -0.2) is 19.7 Å². The molecular weight excluding hydrogens is 488 g/mol. The van der Waals surface area contributed by atoms with E-state index in [4.69, 9.17) is 9.72 Å². The van der Waals surface area contributed by atoms with E-state index < -0.39 is 12.0 Å². The van der Waals surface area contributed by atoms with Crippen molar-refractivity contribution in [1.82, 2.24) is 19.9 Å². The highest BCUT2D eigenvalue weighted by atomic mass is 32.1. The molecule has 2 atom stereocenters. The van der Waals surface area contributed by atoms with Crippen molar-refractivity contribution in [2.24, 2.45) is 0 Å². The maximum atomic E-state index is 12.1. The number of anilines is 2. The number of ether oxygens (including phenoxy) is 1. The highest BCUT2D eigenvalue weighted by molar-refractivity contribution is 7.18. The standard InChI is InChI=1S/C27H38N6O3S/c1-18(36-3)16-33(13-5-4-8-21-10-9-20-7-6-12-28-24(20)31-21)14-11-23(27(34)35)32-25-22-15-19(2)37-26(22)30-17-29-25/h9-10,15,17-18,23H,4-8,11-14,16H2,1-3H3,(H,28,31)(H,34,35)(H,29,30,32). The number of carbonyl (C=O) groups is 1. The summed E-state index contributed by atoms with van der Waals surface area (Å²) < 4.78 is 5.50. The fraction of sp³-hybridized carbons (Fsp3) is 0.556. The summed E-state index contributed by atoms with van der Waals surface area (Å²) in [4.78, 5) is 29.8. The lowest BCUT2D eigenvalue weighted by Gasteiger charge is -2.27. The number of aryl methyl sites for hydroxylation is 3. The Bertz CT molecular complexity index is 1190. The van der Waals surface area contributed by atoms with Gasteiger partial charge in [0.1, 0.15) is 28.8 Å². The van der Waals surface area contributed by atoms with Gasteiger partial charge in [-0.3, -0.25) is 0 Å². The second-order valence-electron chi connectivity index (χ2n) is 9.77. The number of nitrogens with one attached hydrogen (secondary N) is 2. The predicted octanol–water partition coefficient (Wildman–Crippen LogP) is 4.37. The van der Waals surface area contributed by atoms with Gasteiger partial charge in [0.2, 0.25) is 0 Å². The fourth-order valence-corrected chi connectivity index (χ4v) is 5.55. The molecule has 1 aliphatic rings. The molecule has 0 bridgehead atoms. The van der Waals surface area contributed by atoms with Gasteiger partial charge in [-0.15, -0.1) is 11.3 Å². The van der Waals surface area contributed by atoms with Crippen molar-refractivity contribution in [3.8, 4) is 0 Å². The first-order chi connectivity index (χ1) is 17.9. The third-order valence-corrected chi connectivity index (χ3v) is 7.78. The Labute approximate surface area is 222 Å². The Hall–Kier alpha value is -2.82. The lowest BCUT2D eigenvalue weighted by Crippen LogP contribution is -2.38. The molecule has 0 aromatic carbocycles. The van der Waals surface area contributed by atoms with Crippen LogP contribution in [0.5, 0.6) is 0 Å². The van der Waals surface area contributed by atoms with E-state index in [1.54, 1.807) is 18.4 Å². The average Bonchev–Trinajstić information content (AvgIpc) is 3.29. The molecular formula is C27H38N6O3S. The number of hydrogen-bond acceptors (Lipinski definition) is 9. The minimum Gasteiger partial charge on any atom is -0.480 e. The van der Waals surface area contributed by atoms with Crippen molar-refractivity contribution in [2.75, 3.05) is 43.9 Å². The van der Waals surface area contributed by atoms with Crippen molar-refractivity contribution in [2.45, 2.75) is 64.5 Å². The Morgan fingerprint density at radius 3 is 2.97 bits per heavy atom. The molecule has 4 rings (SSSR count). The smallest absolute Gasteiger partial charge is 0.326 e. The number of methoxy groups -OCH3 is 1. The Balaban J connectivity index is 1.31. The molecule has 0 radical (unpaired) electrons. The van der Waals surface area contributed by atoms with Crippen LogP contribution in [0.3, 0.4) is 0 Å². The maximum Gasteiger partial charge on any atom is 0.326 e. The summed E-state index contributed by atoms with van der Waals surface area (Å²) in [6.07, 6.45) is 7.25. The third-order valence-electron chi connectivity index (χ3n) is 6.82. The zero-order valence-electron chi connectivity index (χ0n) is 22.0. The first kappa shape index (κ1) is 27.2. The van der Waals surface area contributed by atoms with Gasteiger partial charge in [0.15, 0.2) is 0 Å². The molecule has 0 saturated heterocycles. The average molecular weight is 527 g/mol. The van der Waals surface area contributed by atoms with E-state index in [-0.39, 0.29) is 6.10 Å². The molecule has 9 nitrogen and oxygen atoms in total. The van der Waals surface area contributed by atoms with Crippen LogP contribution in [0, 0.1) is 6.92 Å². The van der Waals surface area contributed by atoms with Crippen LogP contribution in [0.2, 0.25) is 0 Å². The van der Waals surface area contributed by atoms with Crippen LogP contribution in [-0.4, -0.2) is 76.4 Å². The monoisotopic (exact) mass is 526 g/mol. The topological polar surface area (TPSA) is 113 Å². The number of carboxylic acids is 1. The molecule has 200 valence electrons. The number of nitrogens with zero attached hydrogens (tertiary/aromatic N) is 4. The minimum absolute atomic E-state index is 0.0693. The van der Waals surface area contributed by atoms with Gasteiger partial charge < -0.3 is 25.4 Å². The van der Waals surface area contributed by atoms with E-state index in [9.17, 15) is 9.90 Å². The van der Waals surface area contributed by atoms with Gasteiger partial charge >= 0.3 is 5.97 Å². The number of unbranched alkanes of at least 4 members (excludes halogenated alkanes) is 1. The number of thiophene rings is 1. The number of pyridine rings is 1. The van der Waals surface area contributed by atoms with E-state index in [2.05, 4.69) is 37.6 Å². The number of hydrogen-bond donors (Lipinski definition) is 3. The highest BCUT2D eigenvalue weighted by Crippen LogP contribution is 2.28. The lowest BCUT2D eigenvalue weighted by atomic mass is 10.1. The molecule has 2 unspecified atom stereocenters. The van der Waals surface area contributed by atoms with Crippen molar-refractivity contribution in [3.63, 3.8) is 0 Å². The van der Waals surface area contributed by atoms with Gasteiger partial charge in [-0.2, -0.15) is 0 Å². The molecule has 10 heteroatoms. The molecule has 0 fully saturated rings. The molecule has 0 saturated carbocycles. The Morgan fingerprint density at radius 2 is 2.16 bits per heavy atom. The summed E-state index contributed by atoms with van der Waals surface area (Å²) in [5.74, 6) is 0.737. The molecule has 1 aliphatic heterocycles. The van der Waals surface area contributed by atoms with Gasteiger partial charge in [-0.1, -0.05) is 6.07 Å². The van der Waals surface area contributed by atoms with E-state index in [0.717, 1.165) is 71.9 Å². The zero-order chi connectivity index (χ0) is 26.2. The second-order valence-corrected chi connectivity index (χ2v) is 11.0. The molecule has 0 amide bonds. The lowest BCUT2D eigenvalue weighted by molar-refractivity contribution is -0.138. The van der Waals surface area contributed by atoms with Crippen LogP contribution >= 0.6 is 11.3 Å². The van der Waals surface area contributed by atoms with Crippen molar-refractivity contribution in [1.29, 1.82) is 0 Å². The third kappa shape index (κ3) is 7.59. The molecule has 0 aliphatic carbocycles. The first-order valence-electron chi connectivity index (χ1n) is 13.1. The maximum absolute atomic E-state index is 12.1. The van der Waals surface area contributed by atoms with Gasteiger partial charge in [0, 0.05) is 37.3 Å². The van der Waals surface area contributed by atoms with Gasteiger partial charge in [-0.05, 0) is 76.6 Å². The molecule has 3 aromatic rings. The molecule has 37 heavy (non-hydrogen) atoms. The predicted molar refractivity (Wildman–Crippen MR) is 149 cm³/mol. The molecule has 0 spiro atoms. The van der Waals surface area contributed by atoms with Gasteiger partial charge in [0.25, 0.3) is 0 Å².